The van der Waals surface area contributed by atoms with Crippen LogP contribution in [0.3, 0.4) is 0 Å². The Labute approximate surface area is 152 Å². The predicted octanol–water partition coefficient (Wildman–Crippen LogP) is 1.54. The van der Waals surface area contributed by atoms with E-state index < -0.39 is 0 Å². The lowest BCUT2D eigenvalue weighted by molar-refractivity contribution is 0.102. The fourth-order valence-electron chi connectivity index (χ4n) is 4.06. The molecule has 3 fully saturated rings. The van der Waals surface area contributed by atoms with E-state index >= 15 is 0 Å². The fraction of sp³-hybridized carbons (Fsp3) is 0.611. The van der Waals surface area contributed by atoms with Gasteiger partial charge in [-0.25, -0.2) is 4.68 Å². The smallest absolute Gasteiger partial charge is 0.254 e. The summed E-state index contributed by atoms with van der Waals surface area (Å²) in [5.41, 5.74) is 0.946. The fourth-order valence-corrected chi connectivity index (χ4v) is 4.06. The lowest BCUT2D eigenvalue weighted by atomic mass is 9.95. The van der Waals surface area contributed by atoms with E-state index in [1.54, 1.807) is 4.68 Å². The minimum absolute atomic E-state index is 0.303. The number of morpholine rings is 1. The SMILES string of the molecule is Cc1ccn(-c2nc(NC3CC4CCC3O4)cc(N3CCOCC3)n2)n1. The largest absolute Gasteiger partial charge is 0.378 e. The van der Waals surface area contributed by atoms with Crippen LogP contribution < -0.4 is 10.2 Å². The lowest BCUT2D eigenvalue weighted by Crippen LogP contribution is -2.37. The molecule has 8 nitrogen and oxygen atoms in total. The molecule has 0 aromatic carbocycles. The molecule has 0 spiro atoms. The molecule has 2 aromatic heterocycles. The van der Waals surface area contributed by atoms with Crippen molar-refractivity contribution < 1.29 is 9.47 Å². The second kappa shape index (κ2) is 6.51. The van der Waals surface area contributed by atoms with Crippen molar-refractivity contribution in [1.82, 2.24) is 19.7 Å². The van der Waals surface area contributed by atoms with Gasteiger partial charge in [0.2, 0.25) is 0 Å². The van der Waals surface area contributed by atoms with Crippen LogP contribution in [0.25, 0.3) is 5.95 Å². The molecule has 1 N–H and O–H groups in total. The van der Waals surface area contributed by atoms with Crippen molar-refractivity contribution in [3.63, 3.8) is 0 Å². The van der Waals surface area contributed by atoms with Gasteiger partial charge >= 0.3 is 0 Å². The Kier molecular flexibility index (Phi) is 4.01. The molecule has 138 valence electrons. The third-order valence-corrected chi connectivity index (χ3v) is 5.40. The monoisotopic (exact) mass is 356 g/mol. The van der Waals surface area contributed by atoms with E-state index in [0.29, 0.717) is 24.2 Å². The molecule has 2 bridgehead atoms. The average molecular weight is 356 g/mol. The topological polar surface area (TPSA) is 77.3 Å². The zero-order valence-electron chi connectivity index (χ0n) is 15.0. The van der Waals surface area contributed by atoms with Crippen LogP contribution in [0.1, 0.15) is 25.0 Å². The first-order chi connectivity index (χ1) is 12.7. The molecule has 0 radical (unpaired) electrons. The lowest BCUT2D eigenvalue weighted by Gasteiger charge is -2.28. The summed E-state index contributed by atoms with van der Waals surface area (Å²) < 4.78 is 13.2. The Morgan fingerprint density at radius 2 is 2.08 bits per heavy atom. The van der Waals surface area contributed by atoms with Crippen LogP contribution >= 0.6 is 0 Å². The van der Waals surface area contributed by atoms with E-state index in [1.165, 1.54) is 6.42 Å². The van der Waals surface area contributed by atoms with Crippen LogP contribution in [-0.2, 0) is 9.47 Å². The molecule has 3 aliphatic heterocycles. The van der Waals surface area contributed by atoms with E-state index in [-0.39, 0.29) is 0 Å². The molecule has 5 rings (SSSR count). The summed E-state index contributed by atoms with van der Waals surface area (Å²) in [7, 11) is 0. The van der Waals surface area contributed by atoms with Crippen LogP contribution in [0.4, 0.5) is 11.6 Å². The van der Waals surface area contributed by atoms with Crippen LogP contribution in [0.5, 0.6) is 0 Å². The molecular formula is C18H24N6O2. The summed E-state index contributed by atoms with van der Waals surface area (Å²) in [6.45, 7) is 5.09. The van der Waals surface area contributed by atoms with Gasteiger partial charge in [0.25, 0.3) is 5.95 Å². The highest BCUT2D eigenvalue weighted by atomic mass is 16.5. The minimum Gasteiger partial charge on any atom is -0.378 e. The maximum absolute atomic E-state index is 5.97. The van der Waals surface area contributed by atoms with Gasteiger partial charge in [-0.3, -0.25) is 0 Å². The number of rotatable bonds is 4. The quantitative estimate of drug-likeness (QED) is 0.890. The highest BCUT2D eigenvalue weighted by Crippen LogP contribution is 2.36. The molecule has 5 heterocycles. The predicted molar refractivity (Wildman–Crippen MR) is 96.8 cm³/mol. The molecule has 0 saturated carbocycles. The van der Waals surface area contributed by atoms with Crippen molar-refractivity contribution in [2.45, 2.75) is 44.4 Å². The van der Waals surface area contributed by atoms with E-state index in [0.717, 1.165) is 56.5 Å². The van der Waals surface area contributed by atoms with Gasteiger partial charge in [0.1, 0.15) is 11.6 Å². The molecule has 26 heavy (non-hydrogen) atoms. The van der Waals surface area contributed by atoms with Gasteiger partial charge < -0.3 is 19.7 Å². The summed E-state index contributed by atoms with van der Waals surface area (Å²) in [6.07, 6.45) is 5.98. The standard InChI is InChI=1S/C18H24N6O2/c1-12-4-5-24(22-12)18-20-16(19-14-10-13-2-3-15(14)26-13)11-17(21-18)23-6-8-25-9-7-23/h4-5,11,13-15H,2-3,6-10H2,1H3,(H,19,20,21). The second-order valence-electron chi connectivity index (χ2n) is 7.27. The van der Waals surface area contributed by atoms with Gasteiger partial charge in [-0.15, -0.1) is 0 Å². The molecule has 8 heteroatoms. The van der Waals surface area contributed by atoms with Crippen molar-refractivity contribution in [3.05, 3.63) is 24.0 Å². The van der Waals surface area contributed by atoms with Gasteiger partial charge in [-0.05, 0) is 32.3 Å². The number of fused-ring (bicyclic) bond motifs is 2. The second-order valence-corrected chi connectivity index (χ2v) is 7.27. The summed E-state index contributed by atoms with van der Waals surface area (Å²) in [6, 6.07) is 4.33. The van der Waals surface area contributed by atoms with Gasteiger partial charge in [-0.1, -0.05) is 0 Å². The van der Waals surface area contributed by atoms with Crippen molar-refractivity contribution in [3.8, 4) is 5.95 Å². The number of aromatic nitrogens is 4. The highest BCUT2D eigenvalue weighted by molar-refractivity contribution is 5.52. The third-order valence-electron chi connectivity index (χ3n) is 5.40. The van der Waals surface area contributed by atoms with Crippen molar-refractivity contribution >= 4 is 11.6 Å². The zero-order valence-corrected chi connectivity index (χ0v) is 15.0. The van der Waals surface area contributed by atoms with E-state index in [2.05, 4.69) is 15.3 Å². The Morgan fingerprint density at radius 1 is 1.19 bits per heavy atom. The average Bonchev–Trinajstić information content (AvgIpc) is 3.39. The number of hydrogen-bond donors (Lipinski definition) is 1. The van der Waals surface area contributed by atoms with E-state index in [4.69, 9.17) is 19.4 Å². The Bertz CT molecular complexity index is 788. The van der Waals surface area contributed by atoms with Gasteiger partial charge in [0.05, 0.1) is 37.2 Å². The normalized spacial score (nSPS) is 27.9. The van der Waals surface area contributed by atoms with Gasteiger partial charge in [-0.2, -0.15) is 15.1 Å². The van der Waals surface area contributed by atoms with Gasteiger partial charge in [0, 0.05) is 25.4 Å². The zero-order chi connectivity index (χ0) is 17.5. The van der Waals surface area contributed by atoms with Crippen molar-refractivity contribution in [2.75, 3.05) is 36.5 Å². The molecular weight excluding hydrogens is 332 g/mol. The maximum Gasteiger partial charge on any atom is 0.254 e. The van der Waals surface area contributed by atoms with Gasteiger partial charge in [0.15, 0.2) is 0 Å². The molecule has 3 atom stereocenters. The van der Waals surface area contributed by atoms with Crippen LogP contribution in [-0.4, -0.2) is 64.3 Å². The van der Waals surface area contributed by atoms with Crippen LogP contribution in [0, 0.1) is 6.92 Å². The van der Waals surface area contributed by atoms with E-state index in [1.807, 2.05) is 25.3 Å². The first kappa shape index (κ1) is 16.0. The number of ether oxygens (including phenoxy) is 2. The minimum atomic E-state index is 0.303. The summed E-state index contributed by atoms with van der Waals surface area (Å²) in [4.78, 5) is 11.7. The highest BCUT2D eigenvalue weighted by Gasteiger charge is 2.41. The molecule has 0 amide bonds. The van der Waals surface area contributed by atoms with Crippen molar-refractivity contribution in [2.24, 2.45) is 0 Å². The first-order valence-electron chi connectivity index (χ1n) is 9.41. The molecule has 3 unspecified atom stereocenters. The van der Waals surface area contributed by atoms with Crippen molar-refractivity contribution in [1.29, 1.82) is 0 Å². The summed E-state index contributed by atoms with van der Waals surface area (Å²) >= 11 is 0. The Balaban J connectivity index is 1.46. The number of aryl methyl sites for hydroxylation is 1. The number of anilines is 2. The number of nitrogens with zero attached hydrogens (tertiary/aromatic N) is 5. The Hall–Kier alpha value is -2.19. The maximum atomic E-state index is 5.97. The molecule has 3 saturated heterocycles. The molecule has 0 aliphatic carbocycles. The van der Waals surface area contributed by atoms with Crippen LogP contribution in [0.15, 0.2) is 18.3 Å². The summed E-state index contributed by atoms with van der Waals surface area (Å²) in [5.74, 6) is 2.34. The van der Waals surface area contributed by atoms with Crippen LogP contribution in [0.2, 0.25) is 0 Å². The molecule has 2 aromatic rings. The summed E-state index contributed by atoms with van der Waals surface area (Å²) in [5, 5.41) is 8.07. The number of hydrogen-bond acceptors (Lipinski definition) is 7. The first-order valence-corrected chi connectivity index (χ1v) is 9.41. The Morgan fingerprint density at radius 3 is 2.77 bits per heavy atom. The third kappa shape index (κ3) is 3.03. The number of nitrogens with one attached hydrogen (secondary N) is 1. The molecule has 3 aliphatic rings. The van der Waals surface area contributed by atoms with E-state index in [9.17, 15) is 0 Å².